The van der Waals surface area contributed by atoms with Crippen molar-refractivity contribution in [3.05, 3.63) is 29.0 Å². The highest BCUT2D eigenvalue weighted by atomic mass is 35.5. The van der Waals surface area contributed by atoms with Crippen LogP contribution in [0.4, 0.5) is 19.0 Å². The first-order chi connectivity index (χ1) is 7.88. The molecule has 2 N–H and O–H groups in total. The van der Waals surface area contributed by atoms with Gasteiger partial charge in [-0.2, -0.15) is 13.2 Å². The van der Waals surface area contributed by atoms with E-state index in [2.05, 4.69) is 10.1 Å². The van der Waals surface area contributed by atoms with Gasteiger partial charge in [-0.15, -0.1) is 0 Å². The van der Waals surface area contributed by atoms with Crippen molar-refractivity contribution in [2.75, 3.05) is 5.73 Å². The first-order valence-corrected chi connectivity index (χ1v) is 4.71. The van der Waals surface area contributed by atoms with Crippen molar-refractivity contribution in [1.29, 1.82) is 0 Å². The lowest BCUT2D eigenvalue weighted by atomic mass is 10.1. The predicted octanol–water partition coefficient (Wildman–Crippen LogP) is 2.99. The maximum atomic E-state index is 12.5. The summed E-state index contributed by atoms with van der Waals surface area (Å²) < 4.78 is 42.1. The van der Waals surface area contributed by atoms with E-state index in [4.69, 9.17) is 21.9 Å². The van der Waals surface area contributed by atoms with Gasteiger partial charge in [0.1, 0.15) is 5.15 Å². The van der Waals surface area contributed by atoms with Crippen LogP contribution in [0, 0.1) is 0 Å². The molecule has 8 heteroatoms. The van der Waals surface area contributed by atoms with E-state index in [0.29, 0.717) is 6.20 Å². The number of nitrogen functional groups attached to an aromatic ring is 1. The third-order valence-electron chi connectivity index (χ3n) is 1.96. The molecule has 2 rings (SSSR count). The van der Waals surface area contributed by atoms with Gasteiger partial charge in [-0.25, -0.2) is 4.98 Å². The Morgan fingerprint density at radius 2 is 2.00 bits per heavy atom. The molecule has 0 aromatic carbocycles. The Bertz CT molecular complexity index is 553. The molecule has 0 aliphatic carbocycles. The van der Waals surface area contributed by atoms with Crippen molar-refractivity contribution in [1.82, 2.24) is 10.1 Å². The second kappa shape index (κ2) is 3.92. The van der Waals surface area contributed by atoms with Gasteiger partial charge in [-0.05, 0) is 6.07 Å². The van der Waals surface area contributed by atoms with Crippen LogP contribution in [0.2, 0.25) is 5.15 Å². The lowest BCUT2D eigenvalue weighted by Crippen LogP contribution is -2.05. The smallest absolute Gasteiger partial charge is 0.381 e. The highest BCUT2D eigenvalue weighted by Crippen LogP contribution is 2.34. The second-order valence-corrected chi connectivity index (χ2v) is 3.53. The van der Waals surface area contributed by atoms with E-state index in [1.54, 1.807) is 0 Å². The zero-order valence-corrected chi connectivity index (χ0v) is 8.88. The lowest BCUT2D eigenvalue weighted by molar-refractivity contribution is -0.137. The summed E-state index contributed by atoms with van der Waals surface area (Å²) in [6.07, 6.45) is -3.86. The third kappa shape index (κ3) is 2.33. The fraction of sp³-hybridized carbons (Fsp3) is 0.111. The van der Waals surface area contributed by atoms with E-state index >= 15 is 0 Å². The molecule has 0 atom stereocenters. The predicted molar refractivity (Wildman–Crippen MR) is 54.2 cm³/mol. The molecule has 17 heavy (non-hydrogen) atoms. The summed E-state index contributed by atoms with van der Waals surface area (Å²) in [5, 5.41) is 3.24. The van der Waals surface area contributed by atoms with Gasteiger partial charge in [0.15, 0.2) is 11.6 Å². The van der Waals surface area contributed by atoms with Gasteiger partial charge in [0.05, 0.1) is 11.1 Å². The van der Waals surface area contributed by atoms with Crippen molar-refractivity contribution < 1.29 is 17.7 Å². The van der Waals surface area contributed by atoms with E-state index in [1.807, 2.05) is 0 Å². The number of nitrogens with two attached hydrogens (primary N) is 1. The molecular formula is C9H5ClF3N3O. The molecule has 0 unspecified atom stereocenters. The number of aromatic nitrogens is 2. The topological polar surface area (TPSA) is 64.9 Å². The SMILES string of the molecule is Nc1cc(-c2cc(C(F)(F)F)cnc2Cl)on1. The first-order valence-electron chi connectivity index (χ1n) is 4.33. The van der Waals surface area contributed by atoms with Crippen LogP contribution in [0.1, 0.15) is 5.56 Å². The minimum Gasteiger partial charge on any atom is -0.381 e. The molecule has 90 valence electrons. The summed E-state index contributed by atoms with van der Waals surface area (Å²) in [5.41, 5.74) is 4.37. The molecule has 0 fully saturated rings. The largest absolute Gasteiger partial charge is 0.417 e. The second-order valence-electron chi connectivity index (χ2n) is 3.18. The van der Waals surface area contributed by atoms with Crippen molar-refractivity contribution in [2.24, 2.45) is 0 Å². The summed E-state index contributed by atoms with van der Waals surface area (Å²) in [6, 6.07) is 2.10. The number of rotatable bonds is 1. The molecule has 0 spiro atoms. The molecule has 2 aromatic rings. The summed E-state index contributed by atoms with van der Waals surface area (Å²) >= 11 is 5.68. The van der Waals surface area contributed by atoms with Crippen molar-refractivity contribution in [2.45, 2.75) is 6.18 Å². The molecule has 0 amide bonds. The highest BCUT2D eigenvalue weighted by Gasteiger charge is 2.32. The lowest BCUT2D eigenvalue weighted by Gasteiger charge is -2.07. The van der Waals surface area contributed by atoms with Crippen LogP contribution in [0.15, 0.2) is 22.9 Å². The minimum absolute atomic E-state index is 0.00862. The third-order valence-corrected chi connectivity index (χ3v) is 2.26. The van der Waals surface area contributed by atoms with Gasteiger partial charge < -0.3 is 10.3 Å². The maximum absolute atomic E-state index is 12.5. The number of halogens is 4. The van der Waals surface area contributed by atoms with Gasteiger partial charge in [0.2, 0.25) is 0 Å². The number of hydrogen-bond donors (Lipinski definition) is 1. The van der Waals surface area contributed by atoms with Crippen molar-refractivity contribution >= 4 is 17.4 Å². The Hall–Kier alpha value is -1.76. The summed E-state index contributed by atoms with van der Waals surface area (Å²) in [6.45, 7) is 0. The highest BCUT2D eigenvalue weighted by molar-refractivity contribution is 6.32. The number of nitrogens with zero attached hydrogens (tertiary/aromatic N) is 2. The van der Waals surface area contributed by atoms with Gasteiger partial charge in [-0.1, -0.05) is 16.8 Å². The minimum atomic E-state index is -4.50. The molecule has 0 aliphatic rings. The number of hydrogen-bond acceptors (Lipinski definition) is 4. The Labute approximate surface area is 98.2 Å². The standard InChI is InChI=1S/C9H5ClF3N3O/c10-8-5(6-2-7(14)16-17-6)1-4(3-15-8)9(11,12)13/h1-3H,(H2,14,16). The molecular weight excluding hydrogens is 259 g/mol. The molecule has 0 bridgehead atoms. The fourth-order valence-electron chi connectivity index (χ4n) is 1.19. The Morgan fingerprint density at radius 3 is 2.53 bits per heavy atom. The van der Waals surface area contributed by atoms with Gasteiger partial charge in [0, 0.05) is 12.3 Å². The number of alkyl halides is 3. The van der Waals surface area contributed by atoms with Crippen LogP contribution < -0.4 is 5.73 Å². The van der Waals surface area contributed by atoms with Crippen LogP contribution in [0.5, 0.6) is 0 Å². The molecule has 2 heterocycles. The van der Waals surface area contributed by atoms with Crippen LogP contribution in [-0.4, -0.2) is 10.1 Å². The summed E-state index contributed by atoms with van der Waals surface area (Å²) in [7, 11) is 0. The Morgan fingerprint density at radius 1 is 1.29 bits per heavy atom. The molecule has 0 aliphatic heterocycles. The zero-order chi connectivity index (χ0) is 12.6. The van der Waals surface area contributed by atoms with E-state index < -0.39 is 11.7 Å². The van der Waals surface area contributed by atoms with Crippen molar-refractivity contribution in [3.63, 3.8) is 0 Å². The quantitative estimate of drug-likeness (QED) is 0.803. The van der Waals surface area contributed by atoms with Crippen LogP contribution in [0.25, 0.3) is 11.3 Å². The van der Waals surface area contributed by atoms with E-state index in [9.17, 15) is 13.2 Å². The zero-order valence-electron chi connectivity index (χ0n) is 8.12. The van der Waals surface area contributed by atoms with E-state index in [-0.39, 0.29) is 22.3 Å². The Kier molecular flexibility index (Phi) is 2.70. The molecule has 4 nitrogen and oxygen atoms in total. The fourth-order valence-corrected chi connectivity index (χ4v) is 1.39. The Balaban J connectivity index is 2.54. The molecule has 0 radical (unpaired) electrons. The van der Waals surface area contributed by atoms with E-state index in [1.165, 1.54) is 6.07 Å². The molecule has 0 saturated carbocycles. The first kappa shape index (κ1) is 11.7. The van der Waals surface area contributed by atoms with Gasteiger partial charge in [0.25, 0.3) is 0 Å². The summed E-state index contributed by atoms with van der Waals surface area (Å²) in [5.74, 6) is 0.0829. The van der Waals surface area contributed by atoms with Gasteiger partial charge >= 0.3 is 6.18 Å². The van der Waals surface area contributed by atoms with E-state index in [0.717, 1.165) is 6.07 Å². The number of pyridine rings is 1. The van der Waals surface area contributed by atoms with Crippen LogP contribution in [0.3, 0.4) is 0 Å². The monoisotopic (exact) mass is 263 g/mol. The molecule has 2 aromatic heterocycles. The normalized spacial score (nSPS) is 11.8. The summed E-state index contributed by atoms with van der Waals surface area (Å²) in [4.78, 5) is 3.45. The van der Waals surface area contributed by atoms with Gasteiger partial charge in [-0.3, -0.25) is 0 Å². The van der Waals surface area contributed by atoms with Crippen LogP contribution >= 0.6 is 11.6 Å². The molecule has 0 saturated heterocycles. The average molecular weight is 264 g/mol. The average Bonchev–Trinajstić information content (AvgIpc) is 2.63. The number of anilines is 1. The van der Waals surface area contributed by atoms with Crippen molar-refractivity contribution in [3.8, 4) is 11.3 Å². The van der Waals surface area contributed by atoms with Crippen LogP contribution in [-0.2, 0) is 6.18 Å². The maximum Gasteiger partial charge on any atom is 0.417 e.